The first kappa shape index (κ1) is 12.3. The van der Waals surface area contributed by atoms with E-state index >= 15 is 0 Å². The molecule has 0 amide bonds. The van der Waals surface area contributed by atoms with E-state index in [-0.39, 0.29) is 0 Å². The van der Waals surface area contributed by atoms with Gasteiger partial charge in [-0.1, -0.05) is 28.1 Å². The minimum Gasteiger partial charge on any atom is -0.390 e. The molecule has 1 atom stereocenters. The number of hydrogen-bond acceptors (Lipinski definition) is 1. The monoisotopic (exact) mass is 266 g/mol. The molecule has 0 heterocycles. The van der Waals surface area contributed by atoms with Crippen molar-refractivity contribution < 1.29 is 5.11 Å². The molecule has 2 heteroatoms. The smallest absolute Gasteiger partial charge is 0.0669 e. The quantitative estimate of drug-likeness (QED) is 0.831. The van der Waals surface area contributed by atoms with Crippen LogP contribution in [0, 0.1) is 12.3 Å². The lowest BCUT2D eigenvalue weighted by molar-refractivity contribution is 0.0529. The molecule has 0 spiro atoms. The van der Waals surface area contributed by atoms with E-state index in [1.807, 2.05) is 31.2 Å². The normalized spacial score (nSPS) is 14.3. The summed E-state index contributed by atoms with van der Waals surface area (Å²) in [5, 5.41) is 10.1. The SMILES string of the molecule is C#CCCC(C)(O)Cc1ccc(Br)cc1. The van der Waals surface area contributed by atoms with Crippen molar-refractivity contribution >= 4 is 15.9 Å². The number of benzene rings is 1. The molecule has 1 N–H and O–H groups in total. The maximum atomic E-state index is 10.1. The van der Waals surface area contributed by atoms with E-state index < -0.39 is 5.60 Å². The number of aliphatic hydroxyl groups is 1. The Morgan fingerprint density at radius 2 is 2.00 bits per heavy atom. The zero-order valence-corrected chi connectivity index (χ0v) is 10.4. The molecule has 0 aliphatic carbocycles. The Balaban J connectivity index is 2.61. The van der Waals surface area contributed by atoms with Gasteiger partial charge < -0.3 is 5.11 Å². The molecule has 15 heavy (non-hydrogen) atoms. The van der Waals surface area contributed by atoms with Crippen LogP contribution in [0.5, 0.6) is 0 Å². The van der Waals surface area contributed by atoms with Crippen LogP contribution in [0.3, 0.4) is 0 Å². The third-order valence-electron chi connectivity index (χ3n) is 2.31. The summed E-state index contributed by atoms with van der Waals surface area (Å²) in [6.07, 6.45) is 7.08. The van der Waals surface area contributed by atoms with Crippen molar-refractivity contribution in [3.63, 3.8) is 0 Å². The van der Waals surface area contributed by atoms with Gasteiger partial charge in [-0.2, -0.15) is 0 Å². The van der Waals surface area contributed by atoms with Crippen LogP contribution < -0.4 is 0 Å². The molecule has 0 aromatic heterocycles. The van der Waals surface area contributed by atoms with Crippen LogP contribution in [-0.4, -0.2) is 10.7 Å². The standard InChI is InChI=1S/C13H15BrO/c1-3-4-9-13(2,15)10-11-5-7-12(14)8-6-11/h1,5-8,15H,4,9-10H2,2H3. The van der Waals surface area contributed by atoms with Crippen LogP contribution in [0.2, 0.25) is 0 Å². The topological polar surface area (TPSA) is 20.2 Å². The molecule has 1 rings (SSSR count). The summed E-state index contributed by atoms with van der Waals surface area (Å²) in [6.45, 7) is 1.83. The van der Waals surface area contributed by atoms with Crippen molar-refractivity contribution in [3.8, 4) is 12.3 Å². The molecule has 0 saturated heterocycles. The minimum absolute atomic E-state index is 0.615. The second kappa shape index (κ2) is 5.34. The van der Waals surface area contributed by atoms with E-state index in [2.05, 4.69) is 21.9 Å². The highest BCUT2D eigenvalue weighted by molar-refractivity contribution is 9.10. The molecule has 1 aromatic carbocycles. The Hall–Kier alpha value is -0.780. The van der Waals surface area contributed by atoms with Crippen LogP contribution in [0.15, 0.2) is 28.7 Å². The fourth-order valence-electron chi connectivity index (χ4n) is 1.47. The van der Waals surface area contributed by atoms with Gasteiger partial charge in [-0.05, 0) is 31.0 Å². The minimum atomic E-state index is -0.708. The second-order valence-corrected chi connectivity index (χ2v) is 4.92. The Kier molecular flexibility index (Phi) is 4.38. The molecule has 1 unspecified atom stereocenters. The van der Waals surface area contributed by atoms with E-state index in [0.29, 0.717) is 19.3 Å². The average molecular weight is 267 g/mol. The Morgan fingerprint density at radius 1 is 1.40 bits per heavy atom. The zero-order valence-electron chi connectivity index (χ0n) is 8.83. The van der Waals surface area contributed by atoms with Gasteiger partial charge in [-0.25, -0.2) is 0 Å². The molecule has 0 bridgehead atoms. The van der Waals surface area contributed by atoms with Gasteiger partial charge in [0, 0.05) is 17.3 Å². The van der Waals surface area contributed by atoms with Gasteiger partial charge >= 0.3 is 0 Å². The highest BCUT2D eigenvalue weighted by atomic mass is 79.9. The average Bonchev–Trinajstić information content (AvgIpc) is 2.18. The number of terminal acetylenes is 1. The fraction of sp³-hybridized carbons (Fsp3) is 0.385. The van der Waals surface area contributed by atoms with E-state index in [4.69, 9.17) is 6.42 Å². The first-order chi connectivity index (χ1) is 7.03. The van der Waals surface area contributed by atoms with Crippen molar-refractivity contribution in [2.24, 2.45) is 0 Å². The molecule has 0 aliphatic heterocycles. The van der Waals surface area contributed by atoms with Crippen molar-refractivity contribution in [1.82, 2.24) is 0 Å². The van der Waals surface area contributed by atoms with Crippen molar-refractivity contribution in [2.45, 2.75) is 31.8 Å². The van der Waals surface area contributed by atoms with E-state index in [9.17, 15) is 5.11 Å². The third kappa shape index (κ3) is 4.51. The summed E-state index contributed by atoms with van der Waals surface area (Å²) in [7, 11) is 0. The lowest BCUT2D eigenvalue weighted by Crippen LogP contribution is -2.26. The molecule has 1 nitrogen and oxygen atoms in total. The van der Waals surface area contributed by atoms with E-state index in [1.54, 1.807) is 0 Å². The highest BCUT2D eigenvalue weighted by Gasteiger charge is 2.19. The van der Waals surface area contributed by atoms with Gasteiger partial charge in [-0.15, -0.1) is 12.3 Å². The maximum absolute atomic E-state index is 10.1. The van der Waals surface area contributed by atoms with Crippen LogP contribution in [0.4, 0.5) is 0 Å². The van der Waals surface area contributed by atoms with Gasteiger partial charge in [0.25, 0.3) is 0 Å². The second-order valence-electron chi connectivity index (χ2n) is 4.00. The number of hydrogen-bond donors (Lipinski definition) is 1. The largest absolute Gasteiger partial charge is 0.390 e. The Bertz CT molecular complexity index is 346. The lowest BCUT2D eigenvalue weighted by Gasteiger charge is -2.22. The molecule has 0 fully saturated rings. The maximum Gasteiger partial charge on any atom is 0.0669 e. The van der Waals surface area contributed by atoms with Crippen LogP contribution in [0.1, 0.15) is 25.3 Å². The van der Waals surface area contributed by atoms with Gasteiger partial charge in [-0.3, -0.25) is 0 Å². The van der Waals surface area contributed by atoms with Gasteiger partial charge in [0.05, 0.1) is 5.60 Å². The molecule has 0 aliphatic rings. The zero-order chi connectivity index (χ0) is 11.3. The van der Waals surface area contributed by atoms with E-state index in [1.165, 1.54) is 0 Å². The number of rotatable bonds is 4. The van der Waals surface area contributed by atoms with Crippen molar-refractivity contribution in [3.05, 3.63) is 34.3 Å². The highest BCUT2D eigenvalue weighted by Crippen LogP contribution is 2.19. The van der Waals surface area contributed by atoms with Gasteiger partial charge in [0.2, 0.25) is 0 Å². The summed E-state index contributed by atoms with van der Waals surface area (Å²) in [5.74, 6) is 2.55. The molecule has 80 valence electrons. The summed E-state index contributed by atoms with van der Waals surface area (Å²) in [4.78, 5) is 0. The van der Waals surface area contributed by atoms with Crippen molar-refractivity contribution in [2.75, 3.05) is 0 Å². The Labute approximate surface area is 99.6 Å². The molecule has 1 aromatic rings. The third-order valence-corrected chi connectivity index (χ3v) is 2.83. The summed E-state index contributed by atoms with van der Waals surface area (Å²) >= 11 is 3.38. The first-order valence-corrected chi connectivity index (χ1v) is 5.73. The van der Waals surface area contributed by atoms with E-state index in [0.717, 1.165) is 10.0 Å². The molecule has 0 saturated carbocycles. The first-order valence-electron chi connectivity index (χ1n) is 4.94. The molecular formula is C13H15BrO. The van der Waals surface area contributed by atoms with Gasteiger partial charge in [0.15, 0.2) is 0 Å². The number of halogens is 1. The molecular weight excluding hydrogens is 252 g/mol. The van der Waals surface area contributed by atoms with Gasteiger partial charge in [0.1, 0.15) is 0 Å². The Morgan fingerprint density at radius 3 is 2.53 bits per heavy atom. The lowest BCUT2D eigenvalue weighted by atomic mass is 9.92. The fourth-order valence-corrected chi connectivity index (χ4v) is 1.74. The van der Waals surface area contributed by atoms with Crippen molar-refractivity contribution in [1.29, 1.82) is 0 Å². The van der Waals surface area contributed by atoms with Crippen LogP contribution >= 0.6 is 15.9 Å². The summed E-state index contributed by atoms with van der Waals surface area (Å²) in [6, 6.07) is 7.97. The van der Waals surface area contributed by atoms with Crippen LogP contribution in [-0.2, 0) is 6.42 Å². The predicted octanol–water partition coefficient (Wildman–Crippen LogP) is 3.16. The predicted molar refractivity (Wildman–Crippen MR) is 66.5 cm³/mol. The summed E-state index contributed by atoms with van der Waals surface area (Å²) < 4.78 is 1.05. The molecule has 0 radical (unpaired) electrons. The van der Waals surface area contributed by atoms with Crippen LogP contribution in [0.25, 0.3) is 0 Å². The summed E-state index contributed by atoms with van der Waals surface area (Å²) in [5.41, 5.74) is 0.417.